The molecule has 6 aliphatic heterocycles. The fourth-order valence-electron chi connectivity index (χ4n) is 12.7. The van der Waals surface area contributed by atoms with E-state index in [4.69, 9.17) is 80.5 Å². The second kappa shape index (κ2) is 32.1. The SMILES string of the molecule is CC(=O)OCC1O[C@H](O[C@@H]2C(COC(C)=O)O[C@H](O[C@@H]3C(COC(C)=O)O[C@H](O[C@@H]4C(COC(C)=O)O[C@H](O[C@@H]5C(COC(C)=O)O[C@H](O[C@@H]6C(COC(C)=O)O[C@H](N=[N+]=[N-])C(C)[C@H]6C)C(C)[C@H]5C)C(C)[C@H]4C)C(C)[C@H]3C)C(C)[C@H]2C)C(C)[C@@H](C)[C@@H]1C. The Morgan fingerprint density at radius 1 is 0.299 bits per heavy atom. The highest BCUT2D eigenvalue weighted by atomic mass is 16.8. The molecule has 6 aliphatic rings. The number of ether oxygens (including phenoxy) is 17. The molecule has 87 heavy (non-hydrogen) atoms. The normalized spacial score (nSPS) is 43.2. The summed E-state index contributed by atoms with van der Waals surface area (Å²) < 4.78 is 107. The summed E-state index contributed by atoms with van der Waals surface area (Å²) in [6, 6.07) is 0. The Bertz CT molecular complexity index is 2350. The monoisotopic (exact) mass is 1240 g/mol. The molecule has 0 N–H and O–H groups in total. The largest absolute Gasteiger partial charge is 0.463 e. The number of hydrogen-bond acceptors (Lipinski definition) is 24. The minimum absolute atomic E-state index is 0.0539. The van der Waals surface area contributed by atoms with Gasteiger partial charge in [0.1, 0.15) is 76.4 Å². The van der Waals surface area contributed by atoms with Gasteiger partial charge >= 0.3 is 35.8 Å². The van der Waals surface area contributed by atoms with E-state index in [1.807, 2.05) is 69.2 Å². The Balaban J connectivity index is 1.20. The Morgan fingerprint density at radius 2 is 0.506 bits per heavy atom. The third kappa shape index (κ3) is 18.2. The quantitative estimate of drug-likeness (QED) is 0.0320. The third-order valence-electron chi connectivity index (χ3n) is 19.6. The molecule has 26 heteroatoms. The lowest BCUT2D eigenvalue weighted by Crippen LogP contribution is -2.61. The van der Waals surface area contributed by atoms with Crippen LogP contribution in [0.3, 0.4) is 0 Å². The van der Waals surface area contributed by atoms with Crippen molar-refractivity contribution in [3.05, 3.63) is 10.4 Å². The summed E-state index contributed by atoms with van der Waals surface area (Å²) in [5.74, 6) is -6.08. The summed E-state index contributed by atoms with van der Waals surface area (Å²) in [6.45, 7) is 32.9. The molecule has 12 unspecified atom stereocenters. The van der Waals surface area contributed by atoms with Crippen molar-refractivity contribution in [2.24, 2.45) is 82.0 Å². The predicted octanol–water partition coefficient (Wildman–Crippen LogP) is 7.22. The molecule has 0 spiro atoms. The molecule has 26 nitrogen and oxygen atoms in total. The van der Waals surface area contributed by atoms with Crippen LogP contribution >= 0.6 is 0 Å². The standard InChI is InChI=1S/C61H99N3O23/c1-26-27(2)45(20-71-39(14)65)78-57(34(26)9)84-52-29(4)36(11)59(80-47(52)22-73-41(16)67)86-54-31(6)38(13)61(82-49(54)24-75-43(18)69)87-55-32(7)37(12)60(81-50(55)25-76-44(19)70)85-53-30(5)35(10)58(79-48(53)23-74-42(17)68)83-51-28(3)33(8)56(63-64-62)77-46(51)21-72-40(15)66/h26-38,45-61H,20-25H2,1-19H3/t26-,27-,28+,29+,30+,31+,32+,33?,34?,35?,36?,37?,38?,45?,46?,47?,48?,49?,50?,51-,52-,53-,54-,55-,56-,57+,58+,59+,60+,61+/m0/s1. The number of carbonyl (C=O) groups is 6. The van der Waals surface area contributed by atoms with Crippen molar-refractivity contribution in [2.45, 2.75) is 236 Å². The number of hydrogen-bond donors (Lipinski definition) is 0. The van der Waals surface area contributed by atoms with E-state index in [9.17, 15) is 34.3 Å². The van der Waals surface area contributed by atoms with E-state index in [1.165, 1.54) is 41.5 Å². The fourth-order valence-corrected chi connectivity index (χ4v) is 12.7. The molecule has 6 heterocycles. The molecule has 0 aromatic rings. The van der Waals surface area contributed by atoms with Gasteiger partial charge in [-0.2, -0.15) is 0 Å². The van der Waals surface area contributed by atoms with Crippen molar-refractivity contribution in [2.75, 3.05) is 39.6 Å². The molecule has 6 fully saturated rings. The summed E-state index contributed by atoms with van der Waals surface area (Å²) in [5.41, 5.74) is 9.28. The van der Waals surface area contributed by atoms with E-state index in [1.54, 1.807) is 0 Å². The summed E-state index contributed by atoms with van der Waals surface area (Å²) in [4.78, 5) is 76.4. The lowest BCUT2D eigenvalue weighted by Gasteiger charge is -2.52. The Labute approximate surface area is 512 Å². The molecule has 0 bridgehead atoms. The van der Waals surface area contributed by atoms with Crippen LogP contribution in [0.15, 0.2) is 5.11 Å². The number of nitrogens with zero attached hydrogens (tertiary/aromatic N) is 3. The van der Waals surface area contributed by atoms with Gasteiger partial charge in [0.25, 0.3) is 0 Å². The topological polar surface area (TPSA) is 308 Å². The minimum Gasteiger partial charge on any atom is -0.463 e. The molecule has 0 aliphatic carbocycles. The van der Waals surface area contributed by atoms with Gasteiger partial charge in [-0.05, 0) is 52.9 Å². The second-order valence-electron chi connectivity index (χ2n) is 25.5. The van der Waals surface area contributed by atoms with E-state index in [0.717, 1.165) is 0 Å². The van der Waals surface area contributed by atoms with Crippen LogP contribution < -0.4 is 0 Å². The lowest BCUT2D eigenvalue weighted by atomic mass is 9.78. The second-order valence-corrected chi connectivity index (χ2v) is 25.5. The van der Waals surface area contributed by atoms with Gasteiger partial charge in [-0.25, -0.2) is 0 Å². The molecular formula is C61H99N3O23. The highest BCUT2D eigenvalue weighted by Gasteiger charge is 2.55. The van der Waals surface area contributed by atoms with Crippen LogP contribution in [-0.2, 0) is 109 Å². The first-order chi connectivity index (χ1) is 40.9. The molecular weight excluding hydrogens is 1140 g/mol. The molecule has 6 rings (SSSR count). The van der Waals surface area contributed by atoms with Crippen molar-refractivity contribution in [1.29, 1.82) is 0 Å². The molecule has 0 saturated carbocycles. The summed E-state index contributed by atoms with van der Waals surface area (Å²) in [7, 11) is 0. The maximum atomic E-state index is 12.5. The fraction of sp³-hybridized carbons (Fsp3) is 0.902. The van der Waals surface area contributed by atoms with Crippen molar-refractivity contribution >= 4 is 35.8 Å². The minimum atomic E-state index is -0.929. The van der Waals surface area contributed by atoms with E-state index < -0.39 is 141 Å². The molecule has 6 saturated heterocycles. The summed E-state index contributed by atoms with van der Waals surface area (Å²) in [6.07, 6.45) is -13.3. The molecule has 496 valence electrons. The van der Waals surface area contributed by atoms with E-state index in [2.05, 4.69) is 30.8 Å². The van der Waals surface area contributed by atoms with Crippen LogP contribution in [-0.4, -0.2) is 180 Å². The number of rotatable bonds is 23. The molecule has 0 aromatic carbocycles. The van der Waals surface area contributed by atoms with E-state index in [0.29, 0.717) is 0 Å². The van der Waals surface area contributed by atoms with Crippen molar-refractivity contribution in [1.82, 2.24) is 0 Å². The zero-order chi connectivity index (χ0) is 64.5. The maximum absolute atomic E-state index is 12.5. The van der Waals surface area contributed by atoms with Crippen molar-refractivity contribution in [3.63, 3.8) is 0 Å². The van der Waals surface area contributed by atoms with Crippen LogP contribution in [0.4, 0.5) is 0 Å². The van der Waals surface area contributed by atoms with Crippen LogP contribution in [0.25, 0.3) is 10.4 Å². The third-order valence-corrected chi connectivity index (χ3v) is 19.6. The van der Waals surface area contributed by atoms with Crippen LogP contribution in [0, 0.1) is 76.9 Å². The van der Waals surface area contributed by atoms with Gasteiger partial charge in [-0.15, -0.1) is 0 Å². The average Bonchev–Trinajstić information content (AvgIpc) is 1.14. The van der Waals surface area contributed by atoms with E-state index in [-0.39, 0.29) is 117 Å². The molecule has 0 aromatic heterocycles. The Kier molecular flexibility index (Phi) is 26.5. The number of esters is 6. The maximum Gasteiger partial charge on any atom is 0.302 e. The van der Waals surface area contributed by atoms with E-state index >= 15 is 0 Å². The van der Waals surface area contributed by atoms with Gasteiger partial charge in [-0.3, -0.25) is 28.8 Å². The van der Waals surface area contributed by atoms with Crippen molar-refractivity contribution in [3.8, 4) is 0 Å². The smallest absolute Gasteiger partial charge is 0.302 e. The first-order valence-electron chi connectivity index (χ1n) is 31.0. The van der Waals surface area contributed by atoms with Gasteiger partial charge in [0.05, 0.1) is 36.6 Å². The van der Waals surface area contributed by atoms with Gasteiger partial charge in [0, 0.05) is 76.0 Å². The van der Waals surface area contributed by atoms with Gasteiger partial charge < -0.3 is 80.5 Å². The number of carbonyl (C=O) groups excluding carboxylic acids is 6. The predicted molar refractivity (Wildman–Crippen MR) is 304 cm³/mol. The summed E-state index contributed by atoms with van der Waals surface area (Å²) in [5, 5.41) is 3.84. The lowest BCUT2D eigenvalue weighted by molar-refractivity contribution is -0.370. The van der Waals surface area contributed by atoms with Gasteiger partial charge in [0.15, 0.2) is 31.5 Å². The molecule has 0 amide bonds. The average molecular weight is 1240 g/mol. The molecule has 0 radical (unpaired) electrons. The zero-order valence-electron chi connectivity index (χ0n) is 54.3. The highest BCUT2D eigenvalue weighted by molar-refractivity contribution is 5.67. The van der Waals surface area contributed by atoms with Crippen LogP contribution in [0.1, 0.15) is 132 Å². The van der Waals surface area contributed by atoms with Gasteiger partial charge in [0.2, 0.25) is 0 Å². The Hall–Kier alpha value is -4.31. The first kappa shape index (κ1) is 71.8. The van der Waals surface area contributed by atoms with Gasteiger partial charge in [-0.1, -0.05) is 95.1 Å². The summed E-state index contributed by atoms with van der Waals surface area (Å²) >= 11 is 0. The first-order valence-corrected chi connectivity index (χ1v) is 31.0. The number of azide groups is 1. The van der Waals surface area contributed by atoms with Crippen molar-refractivity contribution < 1.29 is 109 Å². The molecule has 30 atom stereocenters. The highest BCUT2D eigenvalue weighted by Crippen LogP contribution is 2.46. The van der Waals surface area contributed by atoms with Crippen LogP contribution in [0.2, 0.25) is 0 Å². The Morgan fingerprint density at radius 3 is 0.747 bits per heavy atom. The van der Waals surface area contributed by atoms with Crippen LogP contribution in [0.5, 0.6) is 0 Å². The zero-order valence-corrected chi connectivity index (χ0v) is 54.3.